The Labute approximate surface area is 256 Å². The first-order chi connectivity index (χ1) is 20.5. The second-order valence-electron chi connectivity index (χ2n) is 11.5. The van der Waals surface area contributed by atoms with Crippen LogP contribution < -0.4 is 14.4 Å². The second-order valence-corrected chi connectivity index (χ2v) is 13.3. The van der Waals surface area contributed by atoms with Crippen molar-refractivity contribution in [2.24, 2.45) is 0 Å². The number of amides is 2. The van der Waals surface area contributed by atoms with Gasteiger partial charge in [-0.15, -0.1) is 0 Å². The molecule has 0 bridgehead atoms. The molecule has 1 fully saturated rings. The fourth-order valence-electron chi connectivity index (χ4n) is 5.37. The van der Waals surface area contributed by atoms with Gasteiger partial charge in [0.1, 0.15) is 18.3 Å². The first-order valence-electron chi connectivity index (χ1n) is 14.9. The Morgan fingerprint density at radius 3 is 2.28 bits per heavy atom. The lowest BCUT2D eigenvalue weighted by atomic mass is 9.95. The minimum atomic E-state index is -4.12. The van der Waals surface area contributed by atoms with Crippen molar-refractivity contribution < 1.29 is 22.7 Å². The van der Waals surface area contributed by atoms with Crippen molar-refractivity contribution in [3.63, 3.8) is 0 Å². The Kier molecular flexibility index (Phi) is 10.5. The van der Waals surface area contributed by atoms with Crippen LogP contribution in [-0.2, 0) is 26.2 Å². The van der Waals surface area contributed by atoms with Crippen molar-refractivity contribution in [3.05, 3.63) is 89.0 Å². The number of nitrogens with one attached hydrogen (secondary N) is 1. The van der Waals surface area contributed by atoms with E-state index in [0.29, 0.717) is 11.4 Å². The highest BCUT2D eigenvalue weighted by Crippen LogP contribution is 2.27. The van der Waals surface area contributed by atoms with E-state index in [9.17, 15) is 18.0 Å². The number of carbonyl (C=O) groups is 2. The summed E-state index contributed by atoms with van der Waals surface area (Å²) in [5.74, 6) is -0.104. The molecule has 3 aromatic rings. The average Bonchev–Trinajstić information content (AvgIpc) is 3.00. The van der Waals surface area contributed by atoms with Crippen LogP contribution in [0.15, 0.2) is 71.6 Å². The van der Waals surface area contributed by atoms with Crippen LogP contribution in [0.3, 0.4) is 0 Å². The zero-order chi connectivity index (χ0) is 31.1. The average molecular weight is 606 g/mol. The molecule has 0 aromatic heterocycles. The van der Waals surface area contributed by atoms with Gasteiger partial charge in [-0.05, 0) is 93.6 Å². The van der Waals surface area contributed by atoms with E-state index >= 15 is 0 Å². The fourth-order valence-corrected chi connectivity index (χ4v) is 6.77. The van der Waals surface area contributed by atoms with E-state index < -0.39 is 28.5 Å². The van der Waals surface area contributed by atoms with Gasteiger partial charge < -0.3 is 15.0 Å². The number of sulfonamides is 1. The molecule has 9 heteroatoms. The smallest absolute Gasteiger partial charge is 0.264 e. The number of carbonyl (C=O) groups excluding carboxylic acids is 2. The van der Waals surface area contributed by atoms with Crippen LogP contribution in [0, 0.1) is 20.8 Å². The lowest BCUT2D eigenvalue weighted by molar-refractivity contribution is -0.139. The molecule has 8 nitrogen and oxygen atoms in total. The molecular formula is C34H43N3O5S. The molecule has 0 aliphatic heterocycles. The van der Waals surface area contributed by atoms with Crippen LogP contribution in [0.1, 0.15) is 61.3 Å². The molecule has 1 saturated carbocycles. The lowest BCUT2D eigenvalue weighted by Gasteiger charge is -2.33. The van der Waals surface area contributed by atoms with Gasteiger partial charge in [-0.2, -0.15) is 0 Å². The third-order valence-corrected chi connectivity index (χ3v) is 10.1. The zero-order valence-corrected chi connectivity index (χ0v) is 26.6. The number of methoxy groups -OCH3 is 1. The van der Waals surface area contributed by atoms with Crippen LogP contribution in [0.25, 0.3) is 0 Å². The maximum Gasteiger partial charge on any atom is 0.264 e. The quantitative estimate of drug-likeness (QED) is 0.303. The lowest BCUT2D eigenvalue weighted by Crippen LogP contribution is -2.53. The molecule has 0 saturated heterocycles. The van der Waals surface area contributed by atoms with Gasteiger partial charge >= 0.3 is 0 Å². The van der Waals surface area contributed by atoms with Gasteiger partial charge in [0.05, 0.1) is 17.7 Å². The van der Waals surface area contributed by atoms with E-state index in [-0.39, 0.29) is 23.4 Å². The molecule has 1 aliphatic carbocycles. The van der Waals surface area contributed by atoms with Gasteiger partial charge in [0.25, 0.3) is 10.0 Å². The molecule has 2 amide bonds. The normalized spacial score (nSPS) is 14.5. The van der Waals surface area contributed by atoms with Gasteiger partial charge in [0.15, 0.2) is 0 Å². The number of hydrogen-bond donors (Lipinski definition) is 1. The van der Waals surface area contributed by atoms with E-state index in [4.69, 9.17) is 4.74 Å². The fraction of sp³-hybridized carbons (Fsp3) is 0.412. The third kappa shape index (κ3) is 7.96. The van der Waals surface area contributed by atoms with Crippen molar-refractivity contribution in [2.75, 3.05) is 18.0 Å². The van der Waals surface area contributed by atoms with Crippen LogP contribution >= 0.6 is 0 Å². The van der Waals surface area contributed by atoms with Crippen molar-refractivity contribution in [1.29, 1.82) is 0 Å². The molecule has 0 heterocycles. The first-order valence-corrected chi connectivity index (χ1v) is 16.3. The van der Waals surface area contributed by atoms with Crippen molar-refractivity contribution in [1.82, 2.24) is 10.2 Å². The Morgan fingerprint density at radius 2 is 1.63 bits per heavy atom. The maximum atomic E-state index is 14.2. The number of rotatable bonds is 11. The maximum absolute atomic E-state index is 14.2. The highest BCUT2D eigenvalue weighted by Gasteiger charge is 2.33. The summed E-state index contributed by atoms with van der Waals surface area (Å²) < 4.78 is 34.7. The third-order valence-electron chi connectivity index (χ3n) is 8.27. The van der Waals surface area contributed by atoms with Gasteiger partial charge in [-0.3, -0.25) is 13.9 Å². The minimum Gasteiger partial charge on any atom is -0.497 e. The summed E-state index contributed by atoms with van der Waals surface area (Å²) in [4.78, 5) is 29.3. The molecule has 1 atom stereocenters. The van der Waals surface area contributed by atoms with Gasteiger partial charge in [0, 0.05) is 12.6 Å². The molecule has 43 heavy (non-hydrogen) atoms. The summed E-state index contributed by atoms with van der Waals surface area (Å²) in [5, 5.41) is 3.13. The molecule has 1 unspecified atom stereocenters. The summed E-state index contributed by atoms with van der Waals surface area (Å²) >= 11 is 0. The number of anilines is 1. The number of ether oxygens (including phenoxy) is 1. The number of hydrogen-bond acceptors (Lipinski definition) is 5. The van der Waals surface area contributed by atoms with E-state index in [1.807, 2.05) is 51.1 Å². The largest absolute Gasteiger partial charge is 0.497 e. The van der Waals surface area contributed by atoms with E-state index in [0.717, 1.165) is 58.7 Å². The summed E-state index contributed by atoms with van der Waals surface area (Å²) in [7, 11) is -2.55. The summed E-state index contributed by atoms with van der Waals surface area (Å²) in [6.45, 7) is 7.09. The Morgan fingerprint density at radius 1 is 0.930 bits per heavy atom. The second kappa shape index (κ2) is 14.1. The number of benzene rings is 3. The monoisotopic (exact) mass is 605 g/mol. The summed E-state index contributed by atoms with van der Waals surface area (Å²) in [6.07, 6.45) is 5.11. The molecule has 230 valence electrons. The summed E-state index contributed by atoms with van der Waals surface area (Å²) in [6, 6.07) is 18.5. The van der Waals surface area contributed by atoms with Crippen LogP contribution in [0.2, 0.25) is 0 Å². The van der Waals surface area contributed by atoms with Crippen molar-refractivity contribution >= 4 is 27.5 Å². The van der Waals surface area contributed by atoms with Crippen molar-refractivity contribution in [3.8, 4) is 5.75 Å². The highest BCUT2D eigenvalue weighted by molar-refractivity contribution is 7.92. The molecular weight excluding hydrogens is 562 g/mol. The molecule has 3 aromatic carbocycles. The SMILES string of the molecule is COc1cccc(CN(C(=O)CN(c2ccc(C)c(C)c2)S(=O)(=O)c2ccc(C)cc2)C(C)C(=O)NC2CCCCC2)c1. The van der Waals surface area contributed by atoms with Gasteiger partial charge in [-0.25, -0.2) is 8.42 Å². The van der Waals surface area contributed by atoms with Crippen molar-refractivity contribution in [2.45, 2.75) is 83.3 Å². The zero-order valence-electron chi connectivity index (χ0n) is 25.8. The topological polar surface area (TPSA) is 96.0 Å². The van der Waals surface area contributed by atoms with Gasteiger partial charge in [-0.1, -0.05) is 55.2 Å². The molecule has 1 aliphatic rings. The predicted molar refractivity (Wildman–Crippen MR) is 170 cm³/mol. The Bertz CT molecular complexity index is 1530. The Balaban J connectivity index is 1.70. The molecule has 0 radical (unpaired) electrons. The van der Waals surface area contributed by atoms with Crippen LogP contribution in [0.5, 0.6) is 5.75 Å². The minimum absolute atomic E-state index is 0.0754. The molecule has 1 N–H and O–H groups in total. The summed E-state index contributed by atoms with van der Waals surface area (Å²) in [5.41, 5.74) is 4.00. The van der Waals surface area contributed by atoms with E-state index in [1.165, 1.54) is 4.90 Å². The standard InChI is InChI=1S/C34H43N3O5S/c1-24-14-18-32(19-15-24)43(40,41)37(30-17-16-25(2)26(3)20-30)23-33(38)36(22-28-10-9-13-31(21-28)42-5)27(4)34(39)35-29-11-7-6-8-12-29/h9-10,13-21,27,29H,6-8,11-12,22-23H2,1-5H3,(H,35,39). The number of aryl methyl sites for hydroxylation is 3. The molecule has 0 spiro atoms. The van der Waals surface area contributed by atoms with Gasteiger partial charge in [0.2, 0.25) is 11.8 Å². The molecule has 4 rings (SSSR count). The first kappa shape index (κ1) is 32.1. The highest BCUT2D eigenvalue weighted by atomic mass is 32.2. The number of nitrogens with zero attached hydrogens (tertiary/aromatic N) is 2. The van der Waals surface area contributed by atoms with Crippen LogP contribution in [0.4, 0.5) is 5.69 Å². The van der Waals surface area contributed by atoms with E-state index in [1.54, 1.807) is 50.4 Å². The van der Waals surface area contributed by atoms with Crippen LogP contribution in [-0.4, -0.2) is 50.9 Å². The Hall–Kier alpha value is -3.85. The van der Waals surface area contributed by atoms with E-state index in [2.05, 4.69) is 5.32 Å². The predicted octanol–water partition coefficient (Wildman–Crippen LogP) is 5.68.